The Morgan fingerprint density at radius 3 is 2.24 bits per heavy atom. The summed E-state index contributed by atoms with van der Waals surface area (Å²) in [4.78, 5) is 69.5. The van der Waals surface area contributed by atoms with Crippen LogP contribution >= 0.6 is 11.8 Å². The number of aromatic nitrogens is 1. The first kappa shape index (κ1) is 33.9. The minimum absolute atomic E-state index is 0.0159. The first-order valence-electron chi connectivity index (χ1n) is 13.2. The number of hydrogen-bond donors (Lipinski definition) is 9. The second-order valence-electron chi connectivity index (χ2n) is 9.59. The minimum atomic E-state index is -1.60. The fraction of sp³-hybridized carbons (Fsp3) is 0.462. The number of fused-ring (bicyclic) bond motifs is 1. The SMILES string of the molecule is CSCCC(NC(=O)C(N)CCCN=C(N)N)C(=O)NC(Cc1c[nH]c2ccccc12)C(=O)NC(CC(N)=O)C(=O)O. The first-order chi connectivity index (χ1) is 19.9. The lowest BCUT2D eigenvalue weighted by atomic mass is 10.0. The number of nitrogens with zero attached hydrogens (tertiary/aromatic N) is 1. The van der Waals surface area contributed by atoms with Gasteiger partial charge in [-0.15, -0.1) is 0 Å². The van der Waals surface area contributed by atoms with Crippen molar-refractivity contribution in [1.29, 1.82) is 0 Å². The normalized spacial score (nSPS) is 13.8. The Kier molecular flexibility index (Phi) is 13.6. The highest BCUT2D eigenvalue weighted by Crippen LogP contribution is 2.19. The number of nitrogens with one attached hydrogen (secondary N) is 4. The fourth-order valence-corrected chi connectivity index (χ4v) is 4.58. The Labute approximate surface area is 247 Å². The number of guanidine groups is 1. The smallest absolute Gasteiger partial charge is 0.326 e. The van der Waals surface area contributed by atoms with Gasteiger partial charge in [-0.25, -0.2) is 4.79 Å². The molecule has 1 heterocycles. The standard InChI is InChI=1S/C26H39N9O6S/c1-42-10-8-18(33-22(37)16(27)6-4-9-31-26(29)30)23(38)34-19(24(39)35-20(25(40)41)12-21(28)36)11-14-13-32-17-7-3-2-5-15(14)17/h2-3,5,7,13,16,18-20,32H,4,6,8-12,27H2,1H3,(H2,28,36)(H,33,37)(H,34,38)(H,35,39)(H,40,41)(H4,29,30,31). The van der Waals surface area contributed by atoms with Gasteiger partial charge in [-0.3, -0.25) is 24.2 Å². The number of aliphatic imine (C=N–C) groups is 1. The summed E-state index contributed by atoms with van der Waals surface area (Å²) in [6, 6.07) is 2.51. The van der Waals surface area contributed by atoms with E-state index in [9.17, 15) is 29.1 Å². The largest absolute Gasteiger partial charge is 0.480 e. The summed E-state index contributed by atoms with van der Waals surface area (Å²) in [5.74, 6) is -4.01. The van der Waals surface area contributed by atoms with Crippen LogP contribution in [0.4, 0.5) is 0 Å². The number of carbonyl (C=O) groups excluding carboxylic acids is 4. The topological polar surface area (TPSA) is 274 Å². The maximum Gasteiger partial charge on any atom is 0.326 e. The lowest BCUT2D eigenvalue weighted by Crippen LogP contribution is -2.58. The third kappa shape index (κ3) is 10.9. The van der Waals surface area contributed by atoms with Crippen LogP contribution in [-0.4, -0.2) is 88.4 Å². The monoisotopic (exact) mass is 605 g/mol. The zero-order chi connectivity index (χ0) is 31.2. The van der Waals surface area contributed by atoms with E-state index in [0.717, 1.165) is 10.9 Å². The van der Waals surface area contributed by atoms with E-state index in [2.05, 4.69) is 25.9 Å². The molecule has 16 heteroatoms. The Morgan fingerprint density at radius 2 is 1.60 bits per heavy atom. The number of thioether (sulfide) groups is 1. The molecule has 0 fully saturated rings. The van der Waals surface area contributed by atoms with Crippen LogP contribution in [0.1, 0.15) is 31.2 Å². The van der Waals surface area contributed by atoms with Gasteiger partial charge in [0.1, 0.15) is 18.1 Å². The lowest BCUT2D eigenvalue weighted by molar-refractivity contribution is -0.143. The number of carbonyl (C=O) groups is 5. The summed E-state index contributed by atoms with van der Waals surface area (Å²) < 4.78 is 0. The van der Waals surface area contributed by atoms with Crippen molar-refractivity contribution in [3.63, 3.8) is 0 Å². The molecule has 230 valence electrons. The summed E-state index contributed by atoms with van der Waals surface area (Å²) in [6.07, 6.45) is 3.81. The molecule has 0 saturated heterocycles. The van der Waals surface area contributed by atoms with Crippen molar-refractivity contribution in [2.24, 2.45) is 27.9 Å². The van der Waals surface area contributed by atoms with Crippen molar-refractivity contribution in [1.82, 2.24) is 20.9 Å². The second kappa shape index (κ2) is 16.8. The van der Waals surface area contributed by atoms with Crippen LogP contribution in [0.3, 0.4) is 0 Å². The van der Waals surface area contributed by atoms with Crippen LogP contribution in [0.15, 0.2) is 35.5 Å². The number of nitrogens with two attached hydrogens (primary N) is 4. The number of hydrogen-bond acceptors (Lipinski definition) is 8. The average Bonchev–Trinajstić information content (AvgIpc) is 3.34. The minimum Gasteiger partial charge on any atom is -0.480 e. The molecule has 1 aromatic heterocycles. The number of primary amides is 1. The molecule has 2 aromatic rings. The van der Waals surface area contributed by atoms with E-state index < -0.39 is 60.2 Å². The Hall–Kier alpha value is -4.31. The van der Waals surface area contributed by atoms with E-state index in [1.54, 1.807) is 6.20 Å². The van der Waals surface area contributed by atoms with Gasteiger partial charge in [-0.1, -0.05) is 18.2 Å². The Morgan fingerprint density at radius 1 is 0.952 bits per heavy atom. The zero-order valence-corrected chi connectivity index (χ0v) is 24.1. The number of para-hydroxylation sites is 1. The zero-order valence-electron chi connectivity index (χ0n) is 23.3. The molecule has 0 aliphatic rings. The molecule has 4 amide bonds. The number of aromatic amines is 1. The number of benzene rings is 1. The quantitative estimate of drug-likeness (QED) is 0.0525. The number of carboxylic acids is 1. The molecule has 15 nitrogen and oxygen atoms in total. The molecule has 0 saturated carbocycles. The van der Waals surface area contributed by atoms with Crippen LogP contribution in [0, 0.1) is 0 Å². The van der Waals surface area contributed by atoms with Gasteiger partial charge in [0.15, 0.2) is 5.96 Å². The number of H-pyrrole nitrogens is 1. The number of carboxylic acid groups (broad SMARTS) is 1. The van der Waals surface area contributed by atoms with Gasteiger partial charge in [-0.2, -0.15) is 11.8 Å². The molecule has 0 aliphatic heterocycles. The molecule has 2 rings (SSSR count). The van der Waals surface area contributed by atoms with Gasteiger partial charge in [-0.05, 0) is 42.9 Å². The number of rotatable bonds is 18. The van der Waals surface area contributed by atoms with E-state index in [1.165, 1.54) is 11.8 Å². The average molecular weight is 606 g/mol. The van der Waals surface area contributed by atoms with Crippen LogP contribution in [0.5, 0.6) is 0 Å². The summed E-state index contributed by atoms with van der Waals surface area (Å²) in [6.45, 7) is 0.289. The molecule has 0 spiro atoms. The van der Waals surface area contributed by atoms with Gasteiger partial charge in [0.05, 0.1) is 12.5 Å². The highest BCUT2D eigenvalue weighted by Gasteiger charge is 2.31. The molecular formula is C26H39N9O6S. The van der Waals surface area contributed by atoms with Crippen molar-refractivity contribution in [2.75, 3.05) is 18.6 Å². The van der Waals surface area contributed by atoms with Crippen LogP contribution in [0.2, 0.25) is 0 Å². The van der Waals surface area contributed by atoms with E-state index in [4.69, 9.17) is 22.9 Å². The highest BCUT2D eigenvalue weighted by molar-refractivity contribution is 7.98. The first-order valence-corrected chi connectivity index (χ1v) is 14.6. The second-order valence-corrected chi connectivity index (χ2v) is 10.6. The molecule has 4 unspecified atom stereocenters. The molecule has 0 aliphatic carbocycles. The Balaban J connectivity index is 2.25. The van der Waals surface area contributed by atoms with Crippen LogP contribution < -0.4 is 38.9 Å². The van der Waals surface area contributed by atoms with Crippen LogP contribution in [0.25, 0.3) is 10.9 Å². The fourth-order valence-electron chi connectivity index (χ4n) is 4.11. The van der Waals surface area contributed by atoms with E-state index in [0.29, 0.717) is 17.7 Å². The summed E-state index contributed by atoms with van der Waals surface area (Å²) >= 11 is 1.46. The number of aliphatic carboxylic acids is 1. The third-order valence-electron chi connectivity index (χ3n) is 6.30. The van der Waals surface area contributed by atoms with E-state index in [-0.39, 0.29) is 31.8 Å². The summed E-state index contributed by atoms with van der Waals surface area (Å²) in [7, 11) is 0. The van der Waals surface area contributed by atoms with Gasteiger partial charge in [0.25, 0.3) is 0 Å². The molecule has 42 heavy (non-hydrogen) atoms. The molecular weight excluding hydrogens is 566 g/mol. The van der Waals surface area contributed by atoms with E-state index >= 15 is 0 Å². The van der Waals surface area contributed by atoms with Crippen molar-refractivity contribution < 1.29 is 29.1 Å². The lowest BCUT2D eigenvalue weighted by Gasteiger charge is -2.25. The molecule has 13 N–H and O–H groups in total. The summed E-state index contributed by atoms with van der Waals surface area (Å²) in [5, 5.41) is 17.9. The van der Waals surface area contributed by atoms with Crippen molar-refractivity contribution in [3.05, 3.63) is 36.0 Å². The van der Waals surface area contributed by atoms with Crippen molar-refractivity contribution >= 4 is 58.2 Å². The third-order valence-corrected chi connectivity index (χ3v) is 6.94. The maximum atomic E-state index is 13.4. The molecule has 1 aromatic carbocycles. The Bertz CT molecular complexity index is 1280. The molecule has 0 radical (unpaired) electrons. The van der Waals surface area contributed by atoms with Crippen LogP contribution in [-0.2, 0) is 30.4 Å². The highest BCUT2D eigenvalue weighted by atomic mass is 32.2. The number of amides is 4. The molecule has 0 bridgehead atoms. The predicted octanol–water partition coefficient (Wildman–Crippen LogP) is -1.74. The van der Waals surface area contributed by atoms with Gasteiger partial charge >= 0.3 is 5.97 Å². The van der Waals surface area contributed by atoms with E-state index in [1.807, 2.05) is 30.5 Å². The van der Waals surface area contributed by atoms with Gasteiger partial charge in [0, 0.05) is 30.1 Å². The summed E-state index contributed by atoms with van der Waals surface area (Å²) in [5.41, 5.74) is 23.2. The predicted molar refractivity (Wildman–Crippen MR) is 160 cm³/mol. The maximum absolute atomic E-state index is 13.4. The van der Waals surface area contributed by atoms with Gasteiger partial charge in [0.2, 0.25) is 23.6 Å². The van der Waals surface area contributed by atoms with Crippen molar-refractivity contribution in [3.8, 4) is 0 Å². The molecule has 4 atom stereocenters. The van der Waals surface area contributed by atoms with Gasteiger partial charge < -0.3 is 49.0 Å². The van der Waals surface area contributed by atoms with Crippen molar-refractivity contribution in [2.45, 2.75) is 56.3 Å².